The molecule has 34 heavy (non-hydrogen) atoms. The molecule has 2 aromatic rings. The van der Waals surface area contributed by atoms with Crippen LogP contribution in [0.25, 0.3) is 0 Å². The maximum atomic E-state index is 11.9. The minimum Gasteiger partial charge on any atom is -0.355 e. The number of pyridine rings is 1. The van der Waals surface area contributed by atoms with E-state index in [2.05, 4.69) is 44.1 Å². The molecule has 3 heterocycles. The summed E-state index contributed by atoms with van der Waals surface area (Å²) in [6.45, 7) is 7.40. The molecule has 5 rings (SSSR count). The Morgan fingerprint density at radius 1 is 1.09 bits per heavy atom. The highest BCUT2D eigenvalue weighted by molar-refractivity contribution is 6.33. The van der Waals surface area contributed by atoms with E-state index in [0.29, 0.717) is 28.7 Å². The average molecular weight is 502 g/mol. The average Bonchev–Trinajstić information content (AvgIpc) is 3.26. The van der Waals surface area contributed by atoms with Gasteiger partial charge in [0.05, 0.1) is 10.6 Å². The van der Waals surface area contributed by atoms with Gasteiger partial charge in [-0.05, 0) is 61.9 Å². The number of fused-ring (bicyclic) bond motifs is 1. The molecule has 3 aliphatic rings. The van der Waals surface area contributed by atoms with Crippen LogP contribution < -0.4 is 10.2 Å². The zero-order chi connectivity index (χ0) is 23.8. The van der Waals surface area contributed by atoms with Gasteiger partial charge in [0.15, 0.2) is 0 Å². The number of halogens is 2. The number of benzene rings is 1. The predicted molar refractivity (Wildman–Crippen MR) is 138 cm³/mol. The second-order valence-corrected chi connectivity index (χ2v) is 10.6. The standard InChI is InChI=1S/C26H33Cl2N5O/c1-17-16-32(25-23(28)14-19(15-30-25)26(34)29-2)11-12-33(17)21-7-9-31(10-8-21)24-6-3-18-13-20(27)4-5-22(18)24/h4-5,13-15,17,21,24H,3,6-12,16H2,1-2H3,(H,29,34)/t17-,24?/m0/s1. The smallest absolute Gasteiger partial charge is 0.252 e. The van der Waals surface area contributed by atoms with Crippen LogP contribution in [0.15, 0.2) is 30.5 Å². The van der Waals surface area contributed by atoms with E-state index in [-0.39, 0.29) is 5.91 Å². The number of hydrogen-bond donors (Lipinski definition) is 1. The van der Waals surface area contributed by atoms with E-state index >= 15 is 0 Å². The van der Waals surface area contributed by atoms with Crippen molar-refractivity contribution in [2.45, 2.75) is 50.7 Å². The molecule has 0 spiro atoms. The van der Waals surface area contributed by atoms with E-state index in [0.717, 1.165) is 50.0 Å². The fourth-order valence-corrected chi connectivity index (χ4v) is 6.59. The molecule has 1 unspecified atom stereocenters. The minimum atomic E-state index is -0.171. The van der Waals surface area contributed by atoms with E-state index in [1.807, 2.05) is 6.07 Å². The summed E-state index contributed by atoms with van der Waals surface area (Å²) in [5.41, 5.74) is 3.40. The van der Waals surface area contributed by atoms with Gasteiger partial charge in [-0.2, -0.15) is 0 Å². The number of amides is 1. The van der Waals surface area contributed by atoms with Crippen LogP contribution in [0.3, 0.4) is 0 Å². The third-order valence-electron chi connectivity index (χ3n) is 7.85. The van der Waals surface area contributed by atoms with Crippen LogP contribution in [0.5, 0.6) is 0 Å². The molecule has 1 amide bonds. The first-order chi connectivity index (χ1) is 16.4. The molecular formula is C26H33Cl2N5O. The van der Waals surface area contributed by atoms with Crippen LogP contribution in [-0.4, -0.2) is 72.5 Å². The van der Waals surface area contributed by atoms with Gasteiger partial charge >= 0.3 is 0 Å². The van der Waals surface area contributed by atoms with E-state index in [9.17, 15) is 4.79 Å². The lowest BCUT2D eigenvalue weighted by Gasteiger charge is -2.47. The van der Waals surface area contributed by atoms with Crippen molar-refractivity contribution in [3.63, 3.8) is 0 Å². The Kier molecular flexibility index (Phi) is 7.03. The van der Waals surface area contributed by atoms with Gasteiger partial charge < -0.3 is 10.2 Å². The van der Waals surface area contributed by atoms with E-state index < -0.39 is 0 Å². The van der Waals surface area contributed by atoms with Gasteiger partial charge in [0.2, 0.25) is 0 Å². The Bertz CT molecular complexity index is 1060. The SMILES string of the molecule is CNC(=O)c1cnc(N2CCN(C3CCN(C4CCc5cc(Cl)ccc54)CC3)[C@@H](C)C2)c(Cl)c1. The summed E-state index contributed by atoms with van der Waals surface area (Å²) in [6, 6.07) is 9.74. The van der Waals surface area contributed by atoms with E-state index in [1.165, 1.54) is 30.4 Å². The number of rotatable bonds is 4. The molecule has 2 aliphatic heterocycles. The number of nitrogens with one attached hydrogen (secondary N) is 1. The number of anilines is 1. The molecule has 8 heteroatoms. The Morgan fingerprint density at radius 2 is 1.88 bits per heavy atom. The molecule has 1 aromatic carbocycles. The maximum Gasteiger partial charge on any atom is 0.252 e. The Balaban J connectivity index is 1.18. The minimum absolute atomic E-state index is 0.171. The number of carbonyl (C=O) groups is 1. The number of piperidine rings is 1. The fourth-order valence-electron chi connectivity index (χ4n) is 6.11. The second-order valence-electron chi connectivity index (χ2n) is 9.81. The Morgan fingerprint density at radius 3 is 2.59 bits per heavy atom. The largest absolute Gasteiger partial charge is 0.355 e. The molecule has 2 saturated heterocycles. The molecule has 0 saturated carbocycles. The number of aromatic nitrogens is 1. The Labute approximate surface area is 212 Å². The Hall–Kier alpha value is -1.86. The fraction of sp³-hybridized carbons (Fsp3) is 0.538. The first kappa shape index (κ1) is 23.9. The van der Waals surface area contributed by atoms with Crippen LogP contribution in [0, 0.1) is 0 Å². The van der Waals surface area contributed by atoms with Crippen molar-refractivity contribution in [2.24, 2.45) is 0 Å². The van der Waals surface area contributed by atoms with Gasteiger partial charge in [-0.15, -0.1) is 0 Å². The van der Waals surface area contributed by atoms with Crippen molar-refractivity contribution < 1.29 is 4.79 Å². The normalized spacial score (nSPS) is 24.3. The molecule has 2 fully saturated rings. The highest BCUT2D eigenvalue weighted by atomic mass is 35.5. The predicted octanol–water partition coefficient (Wildman–Crippen LogP) is 4.41. The number of aryl methyl sites for hydroxylation is 1. The van der Waals surface area contributed by atoms with Gasteiger partial charge in [-0.3, -0.25) is 14.6 Å². The molecule has 1 aromatic heterocycles. The van der Waals surface area contributed by atoms with Gasteiger partial charge in [-0.25, -0.2) is 4.98 Å². The maximum absolute atomic E-state index is 11.9. The van der Waals surface area contributed by atoms with Crippen molar-refractivity contribution in [1.29, 1.82) is 0 Å². The highest BCUT2D eigenvalue weighted by Gasteiger charge is 2.35. The molecule has 182 valence electrons. The van der Waals surface area contributed by atoms with Crippen molar-refractivity contribution in [3.05, 3.63) is 57.2 Å². The molecule has 1 N–H and O–H groups in total. The van der Waals surface area contributed by atoms with Crippen LogP contribution in [0.4, 0.5) is 5.82 Å². The van der Waals surface area contributed by atoms with Crippen molar-refractivity contribution in [1.82, 2.24) is 20.1 Å². The zero-order valence-electron chi connectivity index (χ0n) is 19.9. The third-order valence-corrected chi connectivity index (χ3v) is 8.36. The van der Waals surface area contributed by atoms with E-state index in [1.54, 1.807) is 19.3 Å². The summed E-state index contributed by atoms with van der Waals surface area (Å²) >= 11 is 12.7. The first-order valence-electron chi connectivity index (χ1n) is 12.3. The molecular weight excluding hydrogens is 469 g/mol. The summed E-state index contributed by atoms with van der Waals surface area (Å²) in [5, 5.41) is 4.01. The lowest BCUT2D eigenvalue weighted by molar-refractivity contribution is 0.0554. The third kappa shape index (κ3) is 4.66. The van der Waals surface area contributed by atoms with Gasteiger partial charge in [0.1, 0.15) is 5.82 Å². The number of piperazine rings is 1. The van der Waals surface area contributed by atoms with Gasteiger partial charge in [0, 0.05) is 69.1 Å². The molecule has 1 aliphatic carbocycles. The summed E-state index contributed by atoms with van der Waals surface area (Å²) in [7, 11) is 1.61. The van der Waals surface area contributed by atoms with Crippen LogP contribution >= 0.6 is 23.2 Å². The topological polar surface area (TPSA) is 51.7 Å². The monoisotopic (exact) mass is 501 g/mol. The van der Waals surface area contributed by atoms with Crippen molar-refractivity contribution >= 4 is 34.9 Å². The number of nitrogens with zero attached hydrogens (tertiary/aromatic N) is 4. The number of carbonyl (C=O) groups excluding carboxylic acids is 1. The molecule has 0 bridgehead atoms. The van der Waals surface area contributed by atoms with Crippen LogP contribution in [0.1, 0.15) is 53.7 Å². The summed E-state index contributed by atoms with van der Waals surface area (Å²) in [5.74, 6) is 0.603. The van der Waals surface area contributed by atoms with Crippen molar-refractivity contribution in [2.75, 3.05) is 44.7 Å². The van der Waals surface area contributed by atoms with E-state index in [4.69, 9.17) is 23.2 Å². The highest BCUT2D eigenvalue weighted by Crippen LogP contribution is 2.39. The lowest BCUT2D eigenvalue weighted by Crippen LogP contribution is -2.57. The molecule has 6 nitrogen and oxygen atoms in total. The molecule has 0 radical (unpaired) electrons. The quantitative estimate of drug-likeness (QED) is 0.672. The summed E-state index contributed by atoms with van der Waals surface area (Å²) < 4.78 is 0. The molecule has 2 atom stereocenters. The van der Waals surface area contributed by atoms with Crippen LogP contribution in [0.2, 0.25) is 10.0 Å². The zero-order valence-corrected chi connectivity index (χ0v) is 21.4. The number of likely N-dealkylation sites (tertiary alicyclic amines) is 1. The lowest BCUT2D eigenvalue weighted by atomic mass is 9.97. The second kappa shape index (κ2) is 10.0. The summed E-state index contributed by atoms with van der Waals surface area (Å²) in [4.78, 5) is 24.0. The number of hydrogen-bond acceptors (Lipinski definition) is 5. The first-order valence-corrected chi connectivity index (χ1v) is 13.1. The van der Waals surface area contributed by atoms with Crippen LogP contribution in [-0.2, 0) is 6.42 Å². The van der Waals surface area contributed by atoms with Gasteiger partial charge in [0.25, 0.3) is 5.91 Å². The van der Waals surface area contributed by atoms with Gasteiger partial charge in [-0.1, -0.05) is 29.3 Å². The van der Waals surface area contributed by atoms with Crippen molar-refractivity contribution in [3.8, 4) is 0 Å². The summed E-state index contributed by atoms with van der Waals surface area (Å²) in [6.07, 6.45) is 6.39.